The normalized spacial score (nSPS) is 11.9. The molecule has 0 aliphatic heterocycles. The molecule has 0 saturated carbocycles. The van der Waals surface area contributed by atoms with Gasteiger partial charge in [0.1, 0.15) is 23.2 Å². The molecular weight excluding hydrogens is 233 g/mol. The maximum absolute atomic E-state index is 13.1. The van der Waals surface area contributed by atoms with E-state index in [1.54, 1.807) is 0 Å². The van der Waals surface area contributed by atoms with E-state index in [2.05, 4.69) is 4.74 Å². The molecule has 1 aromatic rings. The van der Waals surface area contributed by atoms with Crippen LogP contribution in [-0.4, -0.2) is 29.3 Å². The summed E-state index contributed by atoms with van der Waals surface area (Å²) in [6, 6.07) is -0.0389. The fourth-order valence-corrected chi connectivity index (χ4v) is 1.27. The minimum Gasteiger partial charge on any atom is -0.507 e. The SMILES string of the molecule is COC(=O)[C@H](N)c1cc(F)cc(C(=O)O)c1O. The van der Waals surface area contributed by atoms with E-state index in [1.807, 2.05) is 0 Å². The highest BCUT2D eigenvalue weighted by Gasteiger charge is 2.24. The van der Waals surface area contributed by atoms with E-state index >= 15 is 0 Å². The molecule has 1 aromatic carbocycles. The Labute approximate surface area is 95.4 Å². The highest BCUT2D eigenvalue weighted by Crippen LogP contribution is 2.28. The summed E-state index contributed by atoms with van der Waals surface area (Å²) in [4.78, 5) is 21.8. The van der Waals surface area contributed by atoms with Crippen LogP contribution in [0.2, 0.25) is 0 Å². The summed E-state index contributed by atoms with van der Waals surface area (Å²) in [6.07, 6.45) is 0. The van der Waals surface area contributed by atoms with Crippen LogP contribution in [0.5, 0.6) is 5.75 Å². The average molecular weight is 243 g/mol. The van der Waals surface area contributed by atoms with Crippen LogP contribution in [0.15, 0.2) is 12.1 Å². The van der Waals surface area contributed by atoms with Crippen molar-refractivity contribution >= 4 is 11.9 Å². The summed E-state index contributed by atoms with van der Waals surface area (Å²) in [5.41, 5.74) is 4.39. The van der Waals surface area contributed by atoms with Crippen LogP contribution in [0.1, 0.15) is 22.0 Å². The number of methoxy groups -OCH3 is 1. The van der Waals surface area contributed by atoms with E-state index in [-0.39, 0.29) is 5.56 Å². The zero-order chi connectivity index (χ0) is 13.2. The molecular formula is C10H10FNO5. The summed E-state index contributed by atoms with van der Waals surface area (Å²) in [5.74, 6) is -4.12. The van der Waals surface area contributed by atoms with E-state index in [0.717, 1.165) is 13.2 Å². The van der Waals surface area contributed by atoms with Gasteiger partial charge in [-0.25, -0.2) is 9.18 Å². The monoisotopic (exact) mass is 243 g/mol. The Morgan fingerprint density at radius 1 is 1.47 bits per heavy atom. The molecule has 92 valence electrons. The van der Waals surface area contributed by atoms with E-state index in [0.29, 0.717) is 6.07 Å². The molecule has 0 amide bonds. The molecule has 0 aliphatic carbocycles. The van der Waals surface area contributed by atoms with Crippen LogP contribution in [0.25, 0.3) is 0 Å². The molecule has 0 bridgehead atoms. The van der Waals surface area contributed by atoms with Gasteiger partial charge in [0.25, 0.3) is 0 Å². The molecule has 0 spiro atoms. The lowest BCUT2D eigenvalue weighted by Crippen LogP contribution is -2.23. The Balaban J connectivity index is 3.34. The summed E-state index contributed by atoms with van der Waals surface area (Å²) in [5, 5.41) is 18.3. The third-order valence-corrected chi connectivity index (χ3v) is 2.12. The lowest BCUT2D eigenvalue weighted by Gasteiger charge is -2.13. The quantitative estimate of drug-likeness (QED) is 0.663. The van der Waals surface area contributed by atoms with Gasteiger partial charge in [-0.3, -0.25) is 4.79 Å². The smallest absolute Gasteiger partial charge is 0.339 e. The topological polar surface area (TPSA) is 110 Å². The second kappa shape index (κ2) is 4.79. The Morgan fingerprint density at radius 3 is 2.53 bits per heavy atom. The first-order valence-electron chi connectivity index (χ1n) is 4.47. The van der Waals surface area contributed by atoms with Crippen LogP contribution < -0.4 is 5.73 Å². The first-order chi connectivity index (χ1) is 7.88. The number of carboxylic acids is 1. The van der Waals surface area contributed by atoms with Crippen molar-refractivity contribution in [3.05, 3.63) is 29.1 Å². The summed E-state index contributed by atoms with van der Waals surface area (Å²) >= 11 is 0. The molecule has 0 saturated heterocycles. The highest BCUT2D eigenvalue weighted by atomic mass is 19.1. The van der Waals surface area contributed by atoms with Gasteiger partial charge in [0.05, 0.1) is 7.11 Å². The lowest BCUT2D eigenvalue weighted by molar-refractivity contribution is -0.142. The van der Waals surface area contributed by atoms with Gasteiger partial charge >= 0.3 is 11.9 Å². The van der Waals surface area contributed by atoms with Gasteiger partial charge in [-0.1, -0.05) is 0 Å². The lowest BCUT2D eigenvalue weighted by atomic mass is 10.0. The molecule has 0 radical (unpaired) electrons. The number of nitrogens with two attached hydrogens (primary N) is 1. The van der Waals surface area contributed by atoms with Crippen LogP contribution >= 0.6 is 0 Å². The van der Waals surface area contributed by atoms with Crippen LogP contribution in [0.4, 0.5) is 4.39 Å². The molecule has 1 rings (SSSR count). The summed E-state index contributed by atoms with van der Waals surface area (Å²) < 4.78 is 17.4. The van der Waals surface area contributed by atoms with Gasteiger partial charge in [-0.2, -0.15) is 0 Å². The first-order valence-corrected chi connectivity index (χ1v) is 4.47. The summed E-state index contributed by atoms with van der Waals surface area (Å²) in [6.45, 7) is 0. The number of phenols is 1. The van der Waals surface area contributed by atoms with Crippen molar-refractivity contribution in [2.75, 3.05) is 7.11 Å². The molecule has 0 aromatic heterocycles. The van der Waals surface area contributed by atoms with Crippen molar-refractivity contribution < 1.29 is 28.9 Å². The van der Waals surface area contributed by atoms with Gasteiger partial charge < -0.3 is 20.7 Å². The van der Waals surface area contributed by atoms with Crippen molar-refractivity contribution in [3.63, 3.8) is 0 Å². The third kappa shape index (κ3) is 2.51. The van der Waals surface area contributed by atoms with Crippen molar-refractivity contribution in [1.29, 1.82) is 0 Å². The van der Waals surface area contributed by atoms with Gasteiger partial charge in [0.2, 0.25) is 0 Å². The van der Waals surface area contributed by atoms with Gasteiger partial charge in [0, 0.05) is 5.56 Å². The maximum Gasteiger partial charge on any atom is 0.339 e. The third-order valence-electron chi connectivity index (χ3n) is 2.12. The Hall–Kier alpha value is -2.15. The molecule has 7 heteroatoms. The zero-order valence-electron chi connectivity index (χ0n) is 8.81. The van der Waals surface area contributed by atoms with Crippen LogP contribution in [0.3, 0.4) is 0 Å². The van der Waals surface area contributed by atoms with E-state index < -0.39 is 35.1 Å². The first kappa shape index (κ1) is 12.9. The molecule has 6 nitrogen and oxygen atoms in total. The molecule has 0 aliphatic rings. The van der Waals surface area contributed by atoms with Crippen molar-refractivity contribution in [3.8, 4) is 5.75 Å². The number of carbonyl (C=O) groups is 2. The minimum atomic E-state index is -1.53. The highest BCUT2D eigenvalue weighted by molar-refractivity contribution is 5.92. The van der Waals surface area contributed by atoms with E-state index in [9.17, 15) is 19.1 Å². The Kier molecular flexibility index (Phi) is 3.64. The Bertz CT molecular complexity index is 474. The predicted molar refractivity (Wildman–Crippen MR) is 54.0 cm³/mol. The molecule has 1 atom stereocenters. The van der Waals surface area contributed by atoms with Gasteiger partial charge in [0.15, 0.2) is 0 Å². The fourth-order valence-electron chi connectivity index (χ4n) is 1.27. The Morgan fingerprint density at radius 2 is 2.06 bits per heavy atom. The van der Waals surface area contributed by atoms with Gasteiger partial charge in [-0.05, 0) is 12.1 Å². The predicted octanol–water partition coefficient (Wildman–Crippen LogP) is 0.402. The van der Waals surface area contributed by atoms with Crippen LogP contribution in [0, 0.1) is 5.82 Å². The van der Waals surface area contributed by atoms with Crippen molar-refractivity contribution in [1.82, 2.24) is 0 Å². The second-order valence-electron chi connectivity index (χ2n) is 3.20. The van der Waals surface area contributed by atoms with Crippen molar-refractivity contribution in [2.24, 2.45) is 5.73 Å². The van der Waals surface area contributed by atoms with Crippen LogP contribution in [-0.2, 0) is 9.53 Å². The number of carbonyl (C=O) groups excluding carboxylic acids is 1. The zero-order valence-corrected chi connectivity index (χ0v) is 8.81. The number of esters is 1. The molecule has 0 heterocycles. The number of aromatic carboxylic acids is 1. The molecule has 0 unspecified atom stereocenters. The maximum atomic E-state index is 13.1. The van der Waals surface area contributed by atoms with Crippen molar-refractivity contribution in [2.45, 2.75) is 6.04 Å². The fraction of sp³-hybridized carbons (Fsp3) is 0.200. The van der Waals surface area contributed by atoms with Gasteiger partial charge in [-0.15, -0.1) is 0 Å². The van der Waals surface area contributed by atoms with E-state index in [4.69, 9.17) is 10.8 Å². The number of benzene rings is 1. The molecule has 17 heavy (non-hydrogen) atoms. The minimum absolute atomic E-state index is 0.339. The summed E-state index contributed by atoms with van der Waals surface area (Å²) in [7, 11) is 1.07. The number of hydrogen-bond acceptors (Lipinski definition) is 5. The molecule has 0 fully saturated rings. The number of carboxylic acid groups (broad SMARTS) is 1. The average Bonchev–Trinajstić information content (AvgIpc) is 2.29. The number of halogens is 1. The van der Waals surface area contributed by atoms with E-state index in [1.165, 1.54) is 0 Å². The number of hydrogen-bond donors (Lipinski definition) is 3. The number of aromatic hydroxyl groups is 1. The number of ether oxygens (including phenoxy) is 1. The largest absolute Gasteiger partial charge is 0.507 e. The second-order valence-corrected chi connectivity index (χ2v) is 3.20. The standard InChI is InChI=1S/C10H10FNO5/c1-17-10(16)7(12)5-2-4(11)3-6(8(5)13)9(14)15/h2-3,7,13H,12H2,1H3,(H,14,15)/t7-/m1/s1. The number of rotatable bonds is 3. The molecule has 4 N–H and O–H groups in total.